The van der Waals surface area contributed by atoms with Crippen LogP contribution in [0.4, 0.5) is 0 Å². The predicted molar refractivity (Wildman–Crippen MR) is 204 cm³/mol. The molecular weight excluding hydrogens is 768 g/mol. The van der Waals surface area contributed by atoms with Crippen molar-refractivity contribution in [3.05, 3.63) is 35.9 Å². The number of unbranched alkanes of at least 4 members (excludes halogenated alkanes) is 1. The van der Waals surface area contributed by atoms with Crippen LogP contribution in [-0.4, -0.2) is 161 Å². The molecule has 23 nitrogen and oxygen atoms in total. The van der Waals surface area contributed by atoms with Crippen LogP contribution < -0.4 is 54.4 Å². The Labute approximate surface area is 334 Å². The number of amides is 7. The number of hydrogen-bond donors (Lipinski definition) is 15. The summed E-state index contributed by atoms with van der Waals surface area (Å²) in [4.78, 5) is 99.7. The lowest BCUT2D eigenvalue weighted by atomic mass is 10.0. The molecule has 0 radical (unpaired) electrons. The fourth-order valence-corrected chi connectivity index (χ4v) is 5.06. The molecule has 0 saturated heterocycles. The number of rotatable bonds is 29. The minimum atomic E-state index is -1.76. The second-order valence-corrected chi connectivity index (χ2v) is 13.4. The molecule has 0 bridgehead atoms. The quantitative estimate of drug-likeness (QED) is 0.0334. The number of carbonyl (C=O) groups is 8. The van der Waals surface area contributed by atoms with Gasteiger partial charge in [-0.2, -0.15) is 0 Å². The van der Waals surface area contributed by atoms with Gasteiger partial charge >= 0.3 is 5.97 Å². The molecule has 23 heteroatoms. The Bertz CT molecular complexity index is 1500. The molecule has 0 fully saturated rings. The lowest BCUT2D eigenvalue weighted by Crippen LogP contribution is -2.61. The van der Waals surface area contributed by atoms with E-state index in [1.807, 2.05) is 0 Å². The van der Waals surface area contributed by atoms with Gasteiger partial charge in [-0.25, -0.2) is 4.79 Å². The van der Waals surface area contributed by atoms with Crippen LogP contribution in [0.5, 0.6) is 0 Å². The lowest BCUT2D eigenvalue weighted by molar-refractivity contribution is -0.143. The van der Waals surface area contributed by atoms with E-state index in [0.717, 1.165) is 12.5 Å². The van der Waals surface area contributed by atoms with Crippen LogP contribution in [0.2, 0.25) is 0 Å². The summed E-state index contributed by atoms with van der Waals surface area (Å²) in [6, 6.07) is -0.491. The monoisotopic (exact) mass is 826 g/mol. The molecule has 1 aromatic rings. The second-order valence-electron chi connectivity index (χ2n) is 13.4. The molecule has 0 spiro atoms. The number of aliphatic hydroxyl groups is 4. The number of carbonyl (C=O) groups excluding carboxylic acids is 7. The number of carboxylic acid groups (broad SMARTS) is 1. The first-order chi connectivity index (χ1) is 27.4. The number of carboxylic acids is 1. The van der Waals surface area contributed by atoms with Crippen molar-refractivity contribution in [3.8, 4) is 0 Å². The Morgan fingerprint density at radius 1 is 0.690 bits per heavy atom. The zero-order valence-corrected chi connectivity index (χ0v) is 32.2. The zero-order valence-electron chi connectivity index (χ0n) is 32.2. The SMILES string of the molecule is C[C@@H](O)[C@H](NC(=O)C(CC(N)=O)NCC(N)CO)C(=O)N[C@@H](CO)C(=O)NC(CCC(=O)NCCCCNC(=O)C(Cc1ccccc1)NC(=O)C(N)CO)C(=O)O. The third-order valence-electron chi connectivity index (χ3n) is 8.41. The van der Waals surface area contributed by atoms with E-state index < -0.39 is 122 Å². The molecule has 8 atom stereocenters. The molecule has 18 N–H and O–H groups in total. The Balaban J connectivity index is 2.65. The van der Waals surface area contributed by atoms with E-state index in [0.29, 0.717) is 12.8 Å². The van der Waals surface area contributed by atoms with Crippen LogP contribution in [0.25, 0.3) is 0 Å². The van der Waals surface area contributed by atoms with Crippen molar-refractivity contribution in [2.24, 2.45) is 17.2 Å². The average molecular weight is 827 g/mol. The molecule has 58 heavy (non-hydrogen) atoms. The van der Waals surface area contributed by atoms with Crippen LogP contribution >= 0.6 is 0 Å². The highest BCUT2D eigenvalue weighted by molar-refractivity contribution is 5.95. The highest BCUT2D eigenvalue weighted by atomic mass is 16.4. The zero-order chi connectivity index (χ0) is 43.8. The molecule has 0 aliphatic rings. The normalized spacial score (nSPS) is 15.2. The molecule has 0 aliphatic carbocycles. The molecule has 1 aromatic carbocycles. The molecule has 326 valence electrons. The highest BCUT2D eigenvalue weighted by Crippen LogP contribution is 2.05. The third-order valence-corrected chi connectivity index (χ3v) is 8.41. The van der Waals surface area contributed by atoms with Crippen molar-refractivity contribution in [2.75, 3.05) is 39.5 Å². The topological polar surface area (TPSA) is 400 Å². The Morgan fingerprint density at radius 2 is 1.28 bits per heavy atom. The van der Waals surface area contributed by atoms with Gasteiger partial charge in [0.2, 0.25) is 41.4 Å². The van der Waals surface area contributed by atoms with E-state index in [1.165, 1.54) is 0 Å². The maximum atomic E-state index is 13.0. The summed E-state index contributed by atoms with van der Waals surface area (Å²) in [5, 5.41) is 64.9. The minimum Gasteiger partial charge on any atom is -0.480 e. The molecule has 0 heterocycles. The summed E-state index contributed by atoms with van der Waals surface area (Å²) in [6.45, 7) is -0.732. The molecule has 5 unspecified atom stereocenters. The van der Waals surface area contributed by atoms with E-state index in [2.05, 4.69) is 37.2 Å². The molecule has 0 aromatic heterocycles. The van der Waals surface area contributed by atoms with Crippen LogP contribution in [0.1, 0.15) is 44.6 Å². The number of aliphatic carboxylic acids is 1. The van der Waals surface area contributed by atoms with Gasteiger partial charge in [0.05, 0.1) is 38.4 Å². The summed E-state index contributed by atoms with van der Waals surface area (Å²) in [6.07, 6.45) is -1.85. The largest absolute Gasteiger partial charge is 0.480 e. The fraction of sp³-hybridized carbons (Fsp3) is 0.600. The summed E-state index contributed by atoms with van der Waals surface area (Å²) in [5.74, 6) is -7.44. The van der Waals surface area contributed by atoms with E-state index in [4.69, 9.17) is 22.3 Å². The van der Waals surface area contributed by atoms with Crippen molar-refractivity contribution in [2.45, 2.75) is 93.8 Å². The average Bonchev–Trinajstić information content (AvgIpc) is 3.18. The summed E-state index contributed by atoms with van der Waals surface area (Å²) in [5.41, 5.74) is 17.2. The molecule has 0 aliphatic heterocycles. The van der Waals surface area contributed by atoms with Gasteiger partial charge in [0.15, 0.2) is 0 Å². The Hall–Kier alpha value is -5.30. The number of primary amides is 1. The molecular formula is C35H58N10O13. The van der Waals surface area contributed by atoms with Crippen molar-refractivity contribution < 1.29 is 63.9 Å². The molecule has 0 saturated carbocycles. The van der Waals surface area contributed by atoms with Crippen LogP contribution in [0, 0.1) is 0 Å². The number of nitrogens with one attached hydrogen (secondary N) is 7. The standard InChI is InChI=1S/C35H58N10O13/c1-19(49)29(45-32(54)24(14-27(38)50)41-15-21(36)16-46)34(56)44-26(18-48)33(55)42-23(35(57)58)9-10-28(51)39-11-5-6-12-40-31(53)25(43-30(52)22(37)17-47)13-20-7-3-2-4-8-20/h2-4,7-8,19,21-26,29,41,46-49H,5-6,9-18,36-37H2,1H3,(H2,38,50)(H,39,51)(H,40,53)(H,42,55)(H,43,52)(H,44,56)(H,45,54)(H,57,58)/t19-,21?,22?,23?,24?,25?,26+,29+/m1/s1. The first kappa shape index (κ1) is 50.7. The van der Waals surface area contributed by atoms with Gasteiger partial charge in [-0.15, -0.1) is 0 Å². The van der Waals surface area contributed by atoms with Crippen molar-refractivity contribution in [3.63, 3.8) is 0 Å². The smallest absolute Gasteiger partial charge is 0.326 e. The lowest BCUT2D eigenvalue weighted by Gasteiger charge is -2.26. The first-order valence-corrected chi connectivity index (χ1v) is 18.5. The Morgan fingerprint density at radius 3 is 1.83 bits per heavy atom. The summed E-state index contributed by atoms with van der Waals surface area (Å²) in [7, 11) is 0. The van der Waals surface area contributed by atoms with Gasteiger partial charge in [-0.3, -0.25) is 33.6 Å². The minimum absolute atomic E-state index is 0.126. The number of benzene rings is 1. The van der Waals surface area contributed by atoms with Crippen molar-refractivity contribution in [1.29, 1.82) is 0 Å². The summed E-state index contributed by atoms with van der Waals surface area (Å²) < 4.78 is 0. The Kier molecular flexibility index (Phi) is 23.9. The van der Waals surface area contributed by atoms with Gasteiger partial charge in [-0.05, 0) is 31.7 Å². The van der Waals surface area contributed by atoms with Gasteiger partial charge in [0.25, 0.3) is 0 Å². The maximum absolute atomic E-state index is 13.0. The van der Waals surface area contributed by atoms with E-state index in [1.54, 1.807) is 30.3 Å². The van der Waals surface area contributed by atoms with Crippen LogP contribution in [0.15, 0.2) is 30.3 Å². The fourth-order valence-electron chi connectivity index (χ4n) is 5.06. The van der Waals surface area contributed by atoms with Crippen molar-refractivity contribution >= 4 is 47.3 Å². The predicted octanol–water partition coefficient (Wildman–Crippen LogP) is -7.11. The van der Waals surface area contributed by atoms with Gasteiger partial charge in [-0.1, -0.05) is 30.3 Å². The van der Waals surface area contributed by atoms with E-state index >= 15 is 0 Å². The van der Waals surface area contributed by atoms with Gasteiger partial charge in [0.1, 0.15) is 30.2 Å². The van der Waals surface area contributed by atoms with Gasteiger partial charge in [0, 0.05) is 38.5 Å². The highest BCUT2D eigenvalue weighted by Gasteiger charge is 2.33. The van der Waals surface area contributed by atoms with Crippen molar-refractivity contribution in [1.82, 2.24) is 37.2 Å². The van der Waals surface area contributed by atoms with Crippen LogP contribution in [-0.2, 0) is 44.8 Å². The third kappa shape index (κ3) is 19.7. The maximum Gasteiger partial charge on any atom is 0.326 e. The second kappa shape index (κ2) is 27.4. The summed E-state index contributed by atoms with van der Waals surface area (Å²) >= 11 is 0. The van der Waals surface area contributed by atoms with E-state index in [9.17, 15) is 58.8 Å². The number of aliphatic hydroxyl groups excluding tert-OH is 4. The number of nitrogens with two attached hydrogens (primary N) is 3. The molecule has 7 amide bonds. The van der Waals surface area contributed by atoms with Gasteiger partial charge < -0.3 is 80.0 Å². The van der Waals surface area contributed by atoms with E-state index in [-0.39, 0.29) is 38.9 Å². The van der Waals surface area contributed by atoms with Crippen LogP contribution in [0.3, 0.4) is 0 Å². The first-order valence-electron chi connectivity index (χ1n) is 18.5. The number of hydrogen-bond acceptors (Lipinski definition) is 15. The molecule has 1 rings (SSSR count).